The van der Waals surface area contributed by atoms with Crippen LogP contribution in [0.1, 0.15) is 16.1 Å². The maximum atomic E-state index is 12.2. The van der Waals surface area contributed by atoms with Crippen molar-refractivity contribution in [2.24, 2.45) is 0 Å². The Morgan fingerprint density at radius 3 is 2.50 bits per heavy atom. The van der Waals surface area contributed by atoms with Gasteiger partial charge in [-0.25, -0.2) is 4.98 Å². The van der Waals surface area contributed by atoms with Crippen LogP contribution < -0.4 is 15.4 Å². The van der Waals surface area contributed by atoms with Crippen molar-refractivity contribution >= 4 is 28.6 Å². The molecule has 0 aliphatic heterocycles. The van der Waals surface area contributed by atoms with Gasteiger partial charge in [0.25, 0.3) is 11.6 Å². The summed E-state index contributed by atoms with van der Waals surface area (Å²) in [5.41, 5.74) is 3.95. The Balaban J connectivity index is 1.40. The van der Waals surface area contributed by atoms with Gasteiger partial charge in [-0.15, -0.1) is 11.3 Å². The number of carbonyl (C=O) groups is 1. The third-order valence-corrected chi connectivity index (χ3v) is 4.44. The second-order valence-electron chi connectivity index (χ2n) is 5.78. The SMILES string of the molecule is O=C(NCCNc1ccc([N+](=O)[O-])cc1)c1ccc(OCc2cscn2)cc1. The maximum absolute atomic E-state index is 12.2. The molecule has 1 amide bonds. The van der Waals surface area contributed by atoms with E-state index in [1.165, 1.54) is 23.5 Å². The summed E-state index contributed by atoms with van der Waals surface area (Å²) in [5, 5.41) is 18.5. The van der Waals surface area contributed by atoms with Gasteiger partial charge in [-0.2, -0.15) is 0 Å². The van der Waals surface area contributed by atoms with Crippen molar-refractivity contribution in [1.82, 2.24) is 10.3 Å². The number of amides is 1. The molecule has 9 heteroatoms. The number of carbonyl (C=O) groups excluding carboxylic acids is 1. The molecule has 8 nitrogen and oxygen atoms in total. The topological polar surface area (TPSA) is 106 Å². The monoisotopic (exact) mass is 398 g/mol. The summed E-state index contributed by atoms with van der Waals surface area (Å²) >= 11 is 1.51. The number of nitrogens with zero attached hydrogens (tertiary/aromatic N) is 2. The second kappa shape index (κ2) is 9.47. The number of nitrogens with one attached hydrogen (secondary N) is 2. The first-order valence-corrected chi connectivity index (χ1v) is 9.42. The number of nitro benzene ring substituents is 1. The lowest BCUT2D eigenvalue weighted by molar-refractivity contribution is -0.384. The Morgan fingerprint density at radius 2 is 1.86 bits per heavy atom. The van der Waals surface area contributed by atoms with Gasteiger partial charge in [0.05, 0.1) is 16.1 Å². The standard InChI is InChI=1S/C19H18N4O4S/c24-19(21-10-9-20-15-3-5-17(6-4-15)23(25)26)14-1-7-18(8-2-14)27-11-16-12-28-13-22-16/h1-8,12-13,20H,9-11H2,(H,21,24). The third-order valence-electron chi connectivity index (χ3n) is 3.80. The van der Waals surface area contributed by atoms with E-state index in [9.17, 15) is 14.9 Å². The number of ether oxygens (including phenoxy) is 1. The number of nitro groups is 1. The molecule has 0 aliphatic carbocycles. The molecule has 2 aromatic carbocycles. The molecule has 1 aromatic heterocycles. The van der Waals surface area contributed by atoms with E-state index in [0.717, 1.165) is 11.4 Å². The van der Waals surface area contributed by atoms with Crippen LogP contribution in [0.4, 0.5) is 11.4 Å². The number of hydrogen-bond acceptors (Lipinski definition) is 7. The second-order valence-corrected chi connectivity index (χ2v) is 6.50. The molecule has 2 N–H and O–H groups in total. The zero-order chi connectivity index (χ0) is 19.8. The highest BCUT2D eigenvalue weighted by Crippen LogP contribution is 2.16. The van der Waals surface area contributed by atoms with E-state index in [1.807, 2.05) is 5.38 Å². The number of anilines is 1. The van der Waals surface area contributed by atoms with Gasteiger partial charge in [-0.05, 0) is 36.4 Å². The number of aromatic nitrogens is 1. The van der Waals surface area contributed by atoms with Crippen molar-refractivity contribution in [2.45, 2.75) is 6.61 Å². The van der Waals surface area contributed by atoms with Gasteiger partial charge in [-0.1, -0.05) is 0 Å². The van der Waals surface area contributed by atoms with E-state index in [0.29, 0.717) is 31.0 Å². The maximum Gasteiger partial charge on any atom is 0.269 e. The molecule has 0 spiro atoms. The molecule has 0 aliphatic rings. The lowest BCUT2D eigenvalue weighted by Gasteiger charge is -2.09. The molecule has 0 saturated carbocycles. The number of hydrogen-bond donors (Lipinski definition) is 2. The summed E-state index contributed by atoms with van der Waals surface area (Å²) in [6.07, 6.45) is 0. The molecule has 3 rings (SSSR count). The molecular formula is C19H18N4O4S. The van der Waals surface area contributed by atoms with Crippen LogP contribution in [0.3, 0.4) is 0 Å². The van der Waals surface area contributed by atoms with E-state index < -0.39 is 4.92 Å². The van der Waals surface area contributed by atoms with Crippen molar-refractivity contribution in [3.63, 3.8) is 0 Å². The minimum Gasteiger partial charge on any atom is -0.487 e. The fourth-order valence-electron chi connectivity index (χ4n) is 2.35. The average Bonchev–Trinajstić information content (AvgIpc) is 3.24. The number of non-ortho nitro benzene ring substituents is 1. The van der Waals surface area contributed by atoms with Crippen LogP contribution in [0.15, 0.2) is 59.4 Å². The smallest absolute Gasteiger partial charge is 0.269 e. The molecule has 28 heavy (non-hydrogen) atoms. The van der Waals surface area contributed by atoms with E-state index in [1.54, 1.807) is 41.9 Å². The van der Waals surface area contributed by atoms with Gasteiger partial charge in [0.2, 0.25) is 0 Å². The Hall–Kier alpha value is -3.46. The molecular weight excluding hydrogens is 380 g/mol. The lowest BCUT2D eigenvalue weighted by atomic mass is 10.2. The van der Waals surface area contributed by atoms with Gasteiger partial charge in [0.15, 0.2) is 0 Å². The van der Waals surface area contributed by atoms with Gasteiger partial charge in [-0.3, -0.25) is 14.9 Å². The molecule has 1 heterocycles. The highest BCUT2D eigenvalue weighted by Gasteiger charge is 2.06. The van der Waals surface area contributed by atoms with E-state index >= 15 is 0 Å². The van der Waals surface area contributed by atoms with Crippen LogP contribution in [-0.4, -0.2) is 28.9 Å². The normalized spacial score (nSPS) is 10.3. The van der Waals surface area contributed by atoms with Crippen molar-refractivity contribution < 1.29 is 14.5 Å². The minimum absolute atomic E-state index is 0.0397. The minimum atomic E-state index is -0.445. The van der Waals surface area contributed by atoms with Crippen molar-refractivity contribution in [1.29, 1.82) is 0 Å². The largest absolute Gasteiger partial charge is 0.487 e. The van der Waals surface area contributed by atoms with E-state index in [2.05, 4.69) is 15.6 Å². The summed E-state index contributed by atoms with van der Waals surface area (Å²) in [5.74, 6) is 0.487. The van der Waals surface area contributed by atoms with Gasteiger partial charge < -0.3 is 15.4 Å². The fraction of sp³-hybridized carbons (Fsp3) is 0.158. The Kier molecular flexibility index (Phi) is 6.53. The third kappa shape index (κ3) is 5.52. The number of thiazole rings is 1. The molecule has 0 fully saturated rings. The van der Waals surface area contributed by atoms with Crippen LogP contribution in [0.25, 0.3) is 0 Å². The summed E-state index contributed by atoms with van der Waals surface area (Å²) in [4.78, 5) is 26.5. The molecule has 0 bridgehead atoms. The predicted octanol–water partition coefficient (Wildman–Crippen LogP) is 3.47. The average molecular weight is 398 g/mol. The first-order valence-electron chi connectivity index (χ1n) is 8.48. The first kappa shape index (κ1) is 19.3. The van der Waals surface area contributed by atoms with Gasteiger partial charge in [0, 0.05) is 41.9 Å². The summed E-state index contributed by atoms with van der Waals surface area (Å²) in [6.45, 7) is 1.31. The Labute approximate surface area is 165 Å². The molecule has 0 radical (unpaired) electrons. The molecule has 3 aromatic rings. The molecule has 0 unspecified atom stereocenters. The van der Waals surface area contributed by atoms with Crippen molar-refractivity contribution in [3.8, 4) is 5.75 Å². The van der Waals surface area contributed by atoms with Crippen LogP contribution in [0.5, 0.6) is 5.75 Å². The Morgan fingerprint density at radius 1 is 1.11 bits per heavy atom. The summed E-state index contributed by atoms with van der Waals surface area (Å²) < 4.78 is 5.62. The van der Waals surface area contributed by atoms with E-state index in [-0.39, 0.29) is 11.6 Å². The van der Waals surface area contributed by atoms with Crippen molar-refractivity contribution in [3.05, 3.63) is 80.8 Å². The van der Waals surface area contributed by atoms with Crippen LogP contribution in [0.2, 0.25) is 0 Å². The Bertz CT molecular complexity index is 912. The number of rotatable bonds is 9. The van der Waals surface area contributed by atoms with Gasteiger partial charge >= 0.3 is 0 Å². The van der Waals surface area contributed by atoms with E-state index in [4.69, 9.17) is 4.74 Å². The van der Waals surface area contributed by atoms with Crippen LogP contribution in [-0.2, 0) is 6.61 Å². The zero-order valence-electron chi connectivity index (χ0n) is 14.8. The highest BCUT2D eigenvalue weighted by atomic mass is 32.1. The molecule has 0 atom stereocenters. The van der Waals surface area contributed by atoms with Crippen LogP contribution >= 0.6 is 11.3 Å². The van der Waals surface area contributed by atoms with Gasteiger partial charge in [0.1, 0.15) is 12.4 Å². The quantitative estimate of drug-likeness (QED) is 0.325. The lowest BCUT2D eigenvalue weighted by Crippen LogP contribution is -2.28. The van der Waals surface area contributed by atoms with Crippen molar-refractivity contribution in [2.75, 3.05) is 18.4 Å². The highest BCUT2D eigenvalue weighted by molar-refractivity contribution is 7.07. The zero-order valence-corrected chi connectivity index (χ0v) is 15.6. The fourth-order valence-corrected chi connectivity index (χ4v) is 2.90. The molecule has 0 saturated heterocycles. The van der Waals surface area contributed by atoms with Crippen LogP contribution in [0, 0.1) is 10.1 Å². The predicted molar refractivity (Wildman–Crippen MR) is 107 cm³/mol. The molecule has 144 valence electrons. The summed E-state index contributed by atoms with van der Waals surface area (Å²) in [7, 11) is 0. The number of benzene rings is 2. The first-order chi connectivity index (χ1) is 13.6. The summed E-state index contributed by atoms with van der Waals surface area (Å²) in [6, 6.07) is 13.0.